The third kappa shape index (κ3) is 5.30. The van der Waals surface area contributed by atoms with Gasteiger partial charge >= 0.3 is 0 Å². The van der Waals surface area contributed by atoms with Crippen molar-refractivity contribution in [3.63, 3.8) is 0 Å². The van der Waals surface area contributed by atoms with Crippen LogP contribution < -0.4 is 0 Å². The number of carbonyl (C=O) groups excluding carboxylic acids is 1. The Morgan fingerprint density at radius 2 is 1.61 bits per heavy atom. The largest absolute Gasteiger partial charge is 0.341 e. The number of rotatable bonds is 6. The van der Waals surface area contributed by atoms with Crippen LogP contribution in [0.4, 0.5) is 0 Å². The van der Waals surface area contributed by atoms with Crippen molar-refractivity contribution in [3.8, 4) is 0 Å². The minimum absolute atomic E-state index is 0.0840. The highest BCUT2D eigenvalue weighted by Crippen LogP contribution is 2.23. The van der Waals surface area contributed by atoms with Gasteiger partial charge in [0.25, 0.3) is 0 Å². The van der Waals surface area contributed by atoms with Crippen molar-refractivity contribution in [2.75, 3.05) is 20.1 Å². The zero-order valence-corrected chi connectivity index (χ0v) is 16.9. The number of nitrogens with zero attached hydrogens (tertiary/aromatic N) is 2. The molecule has 2 aromatic rings. The first-order chi connectivity index (χ1) is 13.5. The van der Waals surface area contributed by atoms with Gasteiger partial charge in [-0.2, -0.15) is 4.31 Å². The Hall–Kier alpha value is -2.44. The molecule has 0 atom stereocenters. The third-order valence-electron chi connectivity index (χ3n) is 5.03. The lowest BCUT2D eigenvalue weighted by molar-refractivity contribution is -0.135. The van der Waals surface area contributed by atoms with E-state index in [1.54, 1.807) is 18.0 Å². The van der Waals surface area contributed by atoms with Crippen molar-refractivity contribution in [1.29, 1.82) is 0 Å². The first-order valence-corrected chi connectivity index (χ1v) is 11.0. The lowest BCUT2D eigenvalue weighted by Gasteiger charge is -2.32. The molecule has 1 fully saturated rings. The molecular formula is C22H26N2O3S. The predicted molar refractivity (Wildman–Crippen MR) is 112 cm³/mol. The summed E-state index contributed by atoms with van der Waals surface area (Å²) in [5, 5.41) is 1.26. The highest BCUT2D eigenvalue weighted by atomic mass is 32.2. The number of carbonyl (C=O) groups is 1. The molecule has 148 valence electrons. The van der Waals surface area contributed by atoms with E-state index in [1.807, 2.05) is 60.7 Å². The molecular weight excluding hydrogens is 372 g/mol. The highest BCUT2D eigenvalue weighted by molar-refractivity contribution is 7.92. The molecule has 1 amide bonds. The molecule has 0 bridgehead atoms. The van der Waals surface area contributed by atoms with E-state index in [0.29, 0.717) is 32.5 Å². The molecule has 0 radical (unpaired) electrons. The fourth-order valence-corrected chi connectivity index (χ4v) is 4.64. The van der Waals surface area contributed by atoms with E-state index in [9.17, 15) is 13.2 Å². The van der Waals surface area contributed by atoms with Crippen LogP contribution in [0.25, 0.3) is 6.08 Å². The second-order valence-electron chi connectivity index (χ2n) is 7.11. The standard InChI is InChI=1S/C22H26N2O3S/c1-23(18-20-10-6-3-7-11-20)22(25)21-12-15-24(16-13-21)28(26,27)17-14-19-8-4-2-5-9-19/h2-11,14,17,21H,12-13,15-16,18H2,1H3/b17-14+. The number of hydrogen-bond donors (Lipinski definition) is 0. The third-order valence-corrected chi connectivity index (χ3v) is 6.60. The van der Waals surface area contributed by atoms with Crippen LogP contribution in [-0.2, 0) is 21.4 Å². The molecule has 1 aliphatic heterocycles. The van der Waals surface area contributed by atoms with Crippen LogP contribution >= 0.6 is 0 Å². The van der Waals surface area contributed by atoms with Crippen molar-refractivity contribution < 1.29 is 13.2 Å². The molecule has 1 heterocycles. The zero-order chi connectivity index (χ0) is 20.0. The molecule has 0 aliphatic carbocycles. The summed E-state index contributed by atoms with van der Waals surface area (Å²) in [7, 11) is -1.66. The molecule has 5 nitrogen and oxygen atoms in total. The molecule has 2 aromatic carbocycles. The van der Waals surface area contributed by atoms with E-state index in [1.165, 1.54) is 9.71 Å². The van der Waals surface area contributed by atoms with Gasteiger partial charge in [-0.1, -0.05) is 60.7 Å². The van der Waals surface area contributed by atoms with Gasteiger partial charge in [-0.05, 0) is 30.0 Å². The normalized spacial score (nSPS) is 16.3. The topological polar surface area (TPSA) is 57.7 Å². The van der Waals surface area contributed by atoms with Crippen molar-refractivity contribution in [2.45, 2.75) is 19.4 Å². The summed E-state index contributed by atoms with van der Waals surface area (Å²) in [5.41, 5.74) is 1.93. The van der Waals surface area contributed by atoms with Crippen LogP contribution in [0, 0.1) is 5.92 Å². The van der Waals surface area contributed by atoms with Crippen molar-refractivity contribution >= 4 is 22.0 Å². The molecule has 0 N–H and O–H groups in total. The van der Waals surface area contributed by atoms with Crippen LogP contribution in [0.2, 0.25) is 0 Å². The average molecular weight is 399 g/mol. The number of benzene rings is 2. The van der Waals surface area contributed by atoms with Crippen LogP contribution in [-0.4, -0.2) is 43.7 Å². The molecule has 6 heteroatoms. The molecule has 0 saturated carbocycles. The maximum absolute atomic E-state index is 12.7. The monoisotopic (exact) mass is 398 g/mol. The molecule has 1 saturated heterocycles. The molecule has 1 aliphatic rings. The highest BCUT2D eigenvalue weighted by Gasteiger charge is 2.31. The average Bonchev–Trinajstić information content (AvgIpc) is 2.73. The number of sulfonamides is 1. The van der Waals surface area contributed by atoms with Gasteiger partial charge in [0.05, 0.1) is 0 Å². The Kier molecular flexibility index (Phi) is 6.65. The molecule has 0 spiro atoms. The van der Waals surface area contributed by atoms with E-state index in [4.69, 9.17) is 0 Å². The van der Waals surface area contributed by atoms with Gasteiger partial charge in [-0.3, -0.25) is 4.79 Å². The maximum atomic E-state index is 12.7. The maximum Gasteiger partial charge on any atom is 0.236 e. The van der Waals surface area contributed by atoms with Gasteiger partial charge in [0, 0.05) is 38.0 Å². The van der Waals surface area contributed by atoms with Gasteiger partial charge < -0.3 is 4.90 Å². The molecule has 3 rings (SSSR count). The van der Waals surface area contributed by atoms with Gasteiger partial charge in [-0.15, -0.1) is 0 Å². The summed E-state index contributed by atoms with van der Waals surface area (Å²) in [6, 6.07) is 19.2. The number of piperidine rings is 1. The van der Waals surface area contributed by atoms with Crippen molar-refractivity contribution in [1.82, 2.24) is 9.21 Å². The molecule has 28 heavy (non-hydrogen) atoms. The van der Waals surface area contributed by atoms with Crippen molar-refractivity contribution in [3.05, 3.63) is 77.2 Å². The van der Waals surface area contributed by atoms with E-state index in [0.717, 1.165) is 11.1 Å². The fourth-order valence-electron chi connectivity index (χ4n) is 3.42. The fraction of sp³-hybridized carbons (Fsp3) is 0.318. The summed E-state index contributed by atoms with van der Waals surface area (Å²) in [6.45, 7) is 1.31. The minimum Gasteiger partial charge on any atom is -0.341 e. The smallest absolute Gasteiger partial charge is 0.236 e. The van der Waals surface area contributed by atoms with Crippen molar-refractivity contribution in [2.24, 2.45) is 5.92 Å². The Morgan fingerprint density at radius 3 is 2.21 bits per heavy atom. The Morgan fingerprint density at radius 1 is 1.04 bits per heavy atom. The van der Waals surface area contributed by atoms with Gasteiger partial charge in [0.15, 0.2) is 0 Å². The molecule has 0 unspecified atom stereocenters. The van der Waals surface area contributed by atoms with E-state index in [-0.39, 0.29) is 11.8 Å². The summed E-state index contributed by atoms with van der Waals surface area (Å²) in [4.78, 5) is 14.4. The van der Waals surface area contributed by atoms with Gasteiger partial charge in [-0.25, -0.2) is 8.42 Å². The van der Waals surface area contributed by atoms with Crippen LogP contribution in [0.1, 0.15) is 24.0 Å². The zero-order valence-electron chi connectivity index (χ0n) is 16.1. The van der Waals surface area contributed by atoms with Crippen LogP contribution in [0.3, 0.4) is 0 Å². The van der Waals surface area contributed by atoms with E-state index in [2.05, 4.69) is 0 Å². The SMILES string of the molecule is CN(Cc1ccccc1)C(=O)C1CCN(S(=O)(=O)/C=C/c2ccccc2)CC1. The quantitative estimate of drug-likeness (QED) is 0.750. The summed E-state index contributed by atoms with van der Waals surface area (Å²) >= 11 is 0. The van der Waals surface area contributed by atoms with Crippen LogP contribution in [0.5, 0.6) is 0 Å². The second kappa shape index (κ2) is 9.17. The second-order valence-corrected chi connectivity index (χ2v) is 8.93. The number of amides is 1. The summed E-state index contributed by atoms with van der Waals surface area (Å²) < 4.78 is 26.6. The van der Waals surface area contributed by atoms with E-state index < -0.39 is 10.0 Å². The Labute approximate surface area is 167 Å². The first kappa shape index (κ1) is 20.3. The lowest BCUT2D eigenvalue weighted by Crippen LogP contribution is -2.42. The van der Waals surface area contributed by atoms with Gasteiger partial charge in [0.2, 0.25) is 15.9 Å². The Balaban J connectivity index is 1.54. The lowest BCUT2D eigenvalue weighted by atomic mass is 9.96. The molecule has 0 aromatic heterocycles. The minimum atomic E-state index is -3.47. The first-order valence-electron chi connectivity index (χ1n) is 9.48. The summed E-state index contributed by atoms with van der Waals surface area (Å²) in [5.74, 6) is -0.0426. The predicted octanol–water partition coefficient (Wildman–Crippen LogP) is 3.36. The van der Waals surface area contributed by atoms with E-state index >= 15 is 0 Å². The Bertz CT molecular complexity index is 903. The number of hydrogen-bond acceptors (Lipinski definition) is 3. The van der Waals surface area contributed by atoms with Gasteiger partial charge in [0.1, 0.15) is 0 Å². The summed E-state index contributed by atoms with van der Waals surface area (Å²) in [6.07, 6.45) is 2.72. The van der Waals surface area contributed by atoms with Crippen LogP contribution in [0.15, 0.2) is 66.1 Å².